The SMILES string of the molecule is O=C(CCCCc1nc2ccccc2s1)NCCNc1ncc(Cl)cc1Cl. The summed E-state index contributed by atoms with van der Waals surface area (Å²) in [6.07, 6.45) is 4.76. The van der Waals surface area contributed by atoms with Crippen molar-refractivity contribution in [1.29, 1.82) is 0 Å². The lowest BCUT2D eigenvalue weighted by Gasteiger charge is -2.08. The minimum Gasteiger partial charge on any atom is -0.367 e. The van der Waals surface area contributed by atoms with Gasteiger partial charge >= 0.3 is 0 Å². The van der Waals surface area contributed by atoms with Gasteiger partial charge in [0.1, 0.15) is 5.82 Å². The van der Waals surface area contributed by atoms with Crippen LogP contribution in [0.3, 0.4) is 0 Å². The van der Waals surface area contributed by atoms with E-state index in [1.54, 1.807) is 17.4 Å². The molecule has 1 aromatic carbocycles. The Labute approximate surface area is 172 Å². The molecular formula is C19H20Cl2N4OS. The zero-order chi connectivity index (χ0) is 19.1. The summed E-state index contributed by atoms with van der Waals surface area (Å²) >= 11 is 13.6. The van der Waals surface area contributed by atoms with Crippen molar-refractivity contribution in [3.63, 3.8) is 0 Å². The number of fused-ring (bicyclic) bond motifs is 1. The Bertz CT molecular complexity index is 883. The number of thiazole rings is 1. The van der Waals surface area contributed by atoms with Crippen molar-refractivity contribution in [2.45, 2.75) is 25.7 Å². The minimum absolute atomic E-state index is 0.0521. The largest absolute Gasteiger partial charge is 0.367 e. The number of nitrogens with zero attached hydrogens (tertiary/aromatic N) is 2. The van der Waals surface area contributed by atoms with Gasteiger partial charge in [0.15, 0.2) is 0 Å². The fourth-order valence-electron chi connectivity index (χ4n) is 2.60. The molecule has 0 aliphatic rings. The zero-order valence-electron chi connectivity index (χ0n) is 14.7. The van der Waals surface area contributed by atoms with Gasteiger partial charge in [0, 0.05) is 25.7 Å². The van der Waals surface area contributed by atoms with Crippen LogP contribution in [0, 0.1) is 0 Å². The van der Waals surface area contributed by atoms with Gasteiger partial charge in [0.2, 0.25) is 5.91 Å². The number of pyridine rings is 1. The molecule has 0 atom stereocenters. The van der Waals surface area contributed by atoms with Gasteiger partial charge in [-0.15, -0.1) is 11.3 Å². The summed E-state index contributed by atoms with van der Waals surface area (Å²) in [4.78, 5) is 20.6. The smallest absolute Gasteiger partial charge is 0.220 e. The van der Waals surface area contributed by atoms with Gasteiger partial charge in [-0.1, -0.05) is 35.3 Å². The van der Waals surface area contributed by atoms with Gasteiger partial charge < -0.3 is 10.6 Å². The molecule has 0 spiro atoms. The average molecular weight is 423 g/mol. The van der Waals surface area contributed by atoms with Crippen LogP contribution in [-0.2, 0) is 11.2 Å². The van der Waals surface area contributed by atoms with Crippen molar-refractivity contribution in [3.05, 3.63) is 51.6 Å². The molecule has 8 heteroatoms. The van der Waals surface area contributed by atoms with Crippen LogP contribution in [-0.4, -0.2) is 29.0 Å². The molecule has 5 nitrogen and oxygen atoms in total. The van der Waals surface area contributed by atoms with E-state index in [2.05, 4.69) is 26.7 Å². The van der Waals surface area contributed by atoms with Crippen LogP contribution in [0.5, 0.6) is 0 Å². The number of halogens is 2. The van der Waals surface area contributed by atoms with Gasteiger partial charge in [-0.3, -0.25) is 4.79 Å². The van der Waals surface area contributed by atoms with E-state index < -0.39 is 0 Å². The first-order valence-electron chi connectivity index (χ1n) is 8.78. The second-order valence-corrected chi connectivity index (χ2v) is 8.00. The number of para-hydroxylation sites is 1. The molecule has 2 N–H and O–H groups in total. The number of aryl methyl sites for hydroxylation is 1. The Morgan fingerprint density at radius 1 is 1.15 bits per heavy atom. The summed E-state index contributed by atoms with van der Waals surface area (Å²) < 4.78 is 1.22. The van der Waals surface area contributed by atoms with E-state index in [0.717, 1.165) is 29.8 Å². The fourth-order valence-corrected chi connectivity index (χ4v) is 4.06. The molecule has 27 heavy (non-hydrogen) atoms. The Kier molecular flexibility index (Phi) is 7.26. The number of benzene rings is 1. The van der Waals surface area contributed by atoms with Crippen LogP contribution in [0.2, 0.25) is 10.0 Å². The maximum atomic E-state index is 11.9. The third-order valence-corrected chi connectivity index (χ3v) is 5.52. The molecule has 2 aromatic heterocycles. The molecule has 3 aromatic rings. The number of unbranched alkanes of at least 4 members (excludes halogenated alkanes) is 1. The van der Waals surface area contributed by atoms with E-state index in [4.69, 9.17) is 23.2 Å². The highest BCUT2D eigenvalue weighted by atomic mass is 35.5. The number of carbonyl (C=O) groups excluding carboxylic acids is 1. The molecule has 1 amide bonds. The highest BCUT2D eigenvalue weighted by Gasteiger charge is 2.05. The first kappa shape index (κ1) is 19.9. The number of rotatable bonds is 9. The molecule has 0 fully saturated rings. The lowest BCUT2D eigenvalue weighted by atomic mass is 10.2. The fraction of sp³-hybridized carbons (Fsp3) is 0.316. The monoisotopic (exact) mass is 422 g/mol. The Balaban J connectivity index is 1.29. The summed E-state index contributed by atoms with van der Waals surface area (Å²) in [5.41, 5.74) is 1.05. The second kappa shape index (κ2) is 9.88. The van der Waals surface area contributed by atoms with Crippen LogP contribution in [0.4, 0.5) is 5.82 Å². The van der Waals surface area contributed by atoms with Crippen molar-refractivity contribution in [1.82, 2.24) is 15.3 Å². The summed E-state index contributed by atoms with van der Waals surface area (Å²) in [5.74, 6) is 0.613. The minimum atomic E-state index is 0.0521. The molecule has 0 unspecified atom stereocenters. The summed E-state index contributed by atoms with van der Waals surface area (Å²) in [7, 11) is 0. The summed E-state index contributed by atoms with van der Waals surface area (Å²) in [6.45, 7) is 1.06. The zero-order valence-corrected chi connectivity index (χ0v) is 17.0. The highest BCUT2D eigenvalue weighted by Crippen LogP contribution is 2.23. The van der Waals surface area contributed by atoms with E-state index in [0.29, 0.717) is 35.4 Å². The number of nitrogens with one attached hydrogen (secondary N) is 2. The second-order valence-electron chi connectivity index (χ2n) is 6.04. The normalized spacial score (nSPS) is 10.9. The number of hydrogen-bond acceptors (Lipinski definition) is 5. The number of anilines is 1. The molecule has 0 radical (unpaired) electrons. The number of aromatic nitrogens is 2. The van der Waals surface area contributed by atoms with E-state index in [1.165, 1.54) is 10.9 Å². The van der Waals surface area contributed by atoms with Gasteiger partial charge in [0.25, 0.3) is 0 Å². The Morgan fingerprint density at radius 2 is 2.00 bits per heavy atom. The molecule has 2 heterocycles. The van der Waals surface area contributed by atoms with Crippen LogP contribution in [0.1, 0.15) is 24.3 Å². The molecule has 0 aliphatic heterocycles. The lowest BCUT2D eigenvalue weighted by Crippen LogP contribution is -2.28. The predicted molar refractivity (Wildman–Crippen MR) is 113 cm³/mol. The van der Waals surface area contributed by atoms with Crippen LogP contribution in [0.25, 0.3) is 10.2 Å². The van der Waals surface area contributed by atoms with Crippen molar-refractivity contribution >= 4 is 56.5 Å². The maximum absolute atomic E-state index is 11.9. The maximum Gasteiger partial charge on any atom is 0.220 e. The first-order chi connectivity index (χ1) is 13.1. The quantitative estimate of drug-likeness (QED) is 0.479. The van der Waals surface area contributed by atoms with E-state index in [1.807, 2.05) is 18.2 Å². The average Bonchev–Trinajstić information content (AvgIpc) is 3.06. The summed E-state index contributed by atoms with van der Waals surface area (Å²) in [5, 5.41) is 8.05. The number of hydrogen-bond donors (Lipinski definition) is 2. The van der Waals surface area contributed by atoms with Crippen molar-refractivity contribution < 1.29 is 4.79 Å². The summed E-state index contributed by atoms with van der Waals surface area (Å²) in [6, 6.07) is 9.78. The highest BCUT2D eigenvalue weighted by molar-refractivity contribution is 7.18. The van der Waals surface area contributed by atoms with Crippen molar-refractivity contribution in [3.8, 4) is 0 Å². The lowest BCUT2D eigenvalue weighted by molar-refractivity contribution is -0.121. The molecule has 0 aliphatic carbocycles. The van der Waals surface area contributed by atoms with Crippen molar-refractivity contribution in [2.24, 2.45) is 0 Å². The molecule has 0 saturated carbocycles. The molecule has 0 saturated heterocycles. The molecule has 0 bridgehead atoms. The molecular weight excluding hydrogens is 403 g/mol. The predicted octanol–water partition coefficient (Wildman–Crippen LogP) is 4.94. The van der Waals surface area contributed by atoms with Gasteiger partial charge in [-0.25, -0.2) is 9.97 Å². The number of amides is 1. The molecule has 142 valence electrons. The standard InChI is InChI=1S/C19H20Cl2N4OS/c20-13-11-14(21)19(24-12-13)23-10-9-22-17(26)7-3-4-8-18-25-15-5-1-2-6-16(15)27-18/h1-2,5-6,11-12H,3-4,7-10H2,(H,22,26)(H,23,24). The van der Waals surface area contributed by atoms with Crippen LogP contribution in [0.15, 0.2) is 36.5 Å². The number of carbonyl (C=O) groups is 1. The van der Waals surface area contributed by atoms with Gasteiger partial charge in [-0.05, 0) is 37.5 Å². The Morgan fingerprint density at radius 3 is 2.81 bits per heavy atom. The Hall–Kier alpha value is -1.89. The van der Waals surface area contributed by atoms with Crippen LogP contribution >= 0.6 is 34.5 Å². The molecule has 3 rings (SSSR count). The van der Waals surface area contributed by atoms with Crippen molar-refractivity contribution in [2.75, 3.05) is 18.4 Å². The van der Waals surface area contributed by atoms with E-state index in [9.17, 15) is 4.79 Å². The third kappa shape index (κ3) is 6.06. The topological polar surface area (TPSA) is 66.9 Å². The van der Waals surface area contributed by atoms with E-state index >= 15 is 0 Å². The van der Waals surface area contributed by atoms with Gasteiger partial charge in [0.05, 0.1) is 25.3 Å². The third-order valence-electron chi connectivity index (χ3n) is 3.93. The first-order valence-corrected chi connectivity index (χ1v) is 10.3. The van der Waals surface area contributed by atoms with Gasteiger partial charge in [-0.2, -0.15) is 0 Å². The van der Waals surface area contributed by atoms with E-state index in [-0.39, 0.29) is 5.91 Å². The van der Waals surface area contributed by atoms with Crippen LogP contribution < -0.4 is 10.6 Å².